The Morgan fingerprint density at radius 1 is 1.08 bits per heavy atom. The van der Waals surface area contributed by atoms with Gasteiger partial charge >= 0.3 is 5.97 Å². The fourth-order valence-electron chi connectivity index (χ4n) is 1.90. The van der Waals surface area contributed by atoms with E-state index >= 15 is 0 Å². The highest BCUT2D eigenvalue weighted by Crippen LogP contribution is 2.14. The van der Waals surface area contributed by atoms with E-state index in [2.05, 4.69) is 10.5 Å². The van der Waals surface area contributed by atoms with E-state index in [9.17, 15) is 14.0 Å². The predicted octanol–water partition coefficient (Wildman–Crippen LogP) is 2.21. The van der Waals surface area contributed by atoms with Crippen LogP contribution in [0.25, 0.3) is 0 Å². The Hall–Kier alpha value is -3.42. The van der Waals surface area contributed by atoms with Crippen LogP contribution in [0, 0.1) is 5.82 Å². The molecule has 8 heteroatoms. The lowest BCUT2D eigenvalue weighted by Gasteiger charge is -2.07. The van der Waals surface area contributed by atoms with Crippen LogP contribution in [0.2, 0.25) is 0 Å². The molecule has 0 aromatic heterocycles. The van der Waals surface area contributed by atoms with Gasteiger partial charge in [0.2, 0.25) is 0 Å². The van der Waals surface area contributed by atoms with Gasteiger partial charge in [0.1, 0.15) is 17.3 Å². The smallest absolute Gasteiger partial charge is 0.341 e. The number of ether oxygens (including phenoxy) is 2. The van der Waals surface area contributed by atoms with Crippen LogP contribution in [0.4, 0.5) is 4.39 Å². The molecule has 1 amide bonds. The number of nitrogens with one attached hydrogen (secondary N) is 1. The molecule has 0 aliphatic heterocycles. The zero-order valence-electron chi connectivity index (χ0n) is 13.9. The van der Waals surface area contributed by atoms with Crippen LogP contribution in [-0.4, -0.2) is 35.9 Å². The Morgan fingerprint density at radius 2 is 1.73 bits per heavy atom. The highest BCUT2D eigenvalue weighted by atomic mass is 19.1. The number of hydrogen-bond donors (Lipinski definition) is 2. The summed E-state index contributed by atoms with van der Waals surface area (Å²) >= 11 is 0. The zero-order valence-corrected chi connectivity index (χ0v) is 13.9. The van der Waals surface area contributed by atoms with Crippen molar-refractivity contribution in [1.29, 1.82) is 0 Å². The molecule has 0 saturated heterocycles. The normalized spacial score (nSPS) is 10.9. The third-order valence-corrected chi connectivity index (χ3v) is 3.13. The largest absolute Gasteiger partial charge is 0.484 e. The molecule has 0 fully saturated rings. The molecule has 0 bridgehead atoms. The van der Waals surface area contributed by atoms with Crippen LogP contribution in [0.1, 0.15) is 12.5 Å². The number of hydrazone groups is 1. The van der Waals surface area contributed by atoms with Crippen LogP contribution in [0.5, 0.6) is 11.5 Å². The van der Waals surface area contributed by atoms with Crippen molar-refractivity contribution in [2.24, 2.45) is 5.10 Å². The molecule has 0 aliphatic carbocycles. The molecule has 136 valence electrons. The number of nitrogens with zero attached hydrogens (tertiary/aromatic N) is 1. The maximum Gasteiger partial charge on any atom is 0.341 e. The van der Waals surface area contributed by atoms with E-state index in [1.54, 1.807) is 31.2 Å². The predicted molar refractivity (Wildman–Crippen MR) is 91.8 cm³/mol. The Kier molecular flexibility index (Phi) is 6.67. The van der Waals surface area contributed by atoms with Gasteiger partial charge in [-0.15, -0.1) is 0 Å². The van der Waals surface area contributed by atoms with E-state index in [1.165, 1.54) is 24.3 Å². The second-order valence-corrected chi connectivity index (χ2v) is 5.19. The minimum atomic E-state index is -1.08. The lowest BCUT2D eigenvalue weighted by atomic mass is 10.1. The summed E-state index contributed by atoms with van der Waals surface area (Å²) in [6, 6.07) is 12.1. The van der Waals surface area contributed by atoms with Crippen LogP contribution in [-0.2, 0) is 9.59 Å². The van der Waals surface area contributed by atoms with Crippen molar-refractivity contribution in [3.8, 4) is 11.5 Å². The second-order valence-electron chi connectivity index (χ2n) is 5.19. The van der Waals surface area contributed by atoms with Crippen LogP contribution in [0.15, 0.2) is 53.6 Å². The van der Waals surface area contributed by atoms with Gasteiger partial charge < -0.3 is 14.6 Å². The van der Waals surface area contributed by atoms with Crippen LogP contribution >= 0.6 is 0 Å². The van der Waals surface area contributed by atoms with E-state index in [0.717, 1.165) is 0 Å². The number of aliphatic carboxylic acids is 1. The van der Waals surface area contributed by atoms with Crippen molar-refractivity contribution in [3.05, 3.63) is 59.9 Å². The van der Waals surface area contributed by atoms with E-state index in [4.69, 9.17) is 14.6 Å². The summed E-state index contributed by atoms with van der Waals surface area (Å²) in [6.07, 6.45) is 0. The lowest BCUT2D eigenvalue weighted by molar-refractivity contribution is -0.139. The lowest BCUT2D eigenvalue weighted by Crippen LogP contribution is -2.25. The van der Waals surface area contributed by atoms with Crippen molar-refractivity contribution in [3.63, 3.8) is 0 Å². The number of carboxylic acid groups (broad SMARTS) is 1. The van der Waals surface area contributed by atoms with Gasteiger partial charge in [-0.05, 0) is 31.2 Å². The topological polar surface area (TPSA) is 97.2 Å². The molecule has 0 saturated carbocycles. The average Bonchev–Trinajstić information content (AvgIpc) is 2.63. The highest BCUT2D eigenvalue weighted by molar-refractivity contribution is 5.99. The van der Waals surface area contributed by atoms with Gasteiger partial charge in [0.05, 0.1) is 5.71 Å². The molecular formula is C18H17FN2O5. The first kappa shape index (κ1) is 18.9. The molecule has 2 rings (SSSR count). The number of amides is 1. The average molecular weight is 360 g/mol. The fraction of sp³-hybridized carbons (Fsp3) is 0.167. The van der Waals surface area contributed by atoms with Crippen LogP contribution in [0.3, 0.4) is 0 Å². The first-order valence-corrected chi connectivity index (χ1v) is 7.60. The first-order chi connectivity index (χ1) is 12.4. The summed E-state index contributed by atoms with van der Waals surface area (Å²) in [5, 5.41) is 12.6. The number of carboxylic acids is 1. The molecular weight excluding hydrogens is 343 g/mol. The monoisotopic (exact) mass is 360 g/mol. The zero-order chi connectivity index (χ0) is 18.9. The molecule has 2 aromatic carbocycles. The van der Waals surface area contributed by atoms with Crippen LogP contribution < -0.4 is 14.9 Å². The standard InChI is InChI=1S/C18H17FN2O5/c1-12(13-4-2-6-15(8-13)26-11-18(23)24)20-21-17(22)10-25-16-7-3-5-14(19)9-16/h2-9H,10-11H2,1H3,(H,21,22)(H,23,24)/b20-12-. The molecule has 0 atom stereocenters. The molecule has 0 spiro atoms. The van der Waals surface area contributed by atoms with Crippen molar-refractivity contribution < 1.29 is 28.6 Å². The second kappa shape index (κ2) is 9.16. The highest BCUT2D eigenvalue weighted by Gasteiger charge is 2.05. The van der Waals surface area contributed by atoms with E-state index in [1.807, 2.05) is 0 Å². The number of carbonyl (C=O) groups excluding carboxylic acids is 1. The summed E-state index contributed by atoms with van der Waals surface area (Å²) in [4.78, 5) is 22.3. The number of hydrogen-bond acceptors (Lipinski definition) is 5. The Bertz CT molecular complexity index is 823. The number of carbonyl (C=O) groups is 2. The van der Waals surface area contributed by atoms with Gasteiger partial charge in [0.25, 0.3) is 5.91 Å². The van der Waals surface area contributed by atoms with Gasteiger partial charge in [0, 0.05) is 11.6 Å². The van der Waals surface area contributed by atoms with E-state index in [0.29, 0.717) is 17.0 Å². The Balaban J connectivity index is 1.89. The van der Waals surface area contributed by atoms with E-state index < -0.39 is 24.3 Å². The molecule has 0 radical (unpaired) electrons. The third kappa shape index (κ3) is 6.23. The SMILES string of the molecule is C/C(=N/NC(=O)COc1cccc(F)c1)c1cccc(OCC(=O)O)c1. The van der Waals surface area contributed by atoms with Crippen molar-refractivity contribution in [2.75, 3.05) is 13.2 Å². The van der Waals surface area contributed by atoms with Gasteiger partial charge in [-0.2, -0.15) is 5.10 Å². The molecule has 0 aliphatic rings. The number of rotatable bonds is 8. The van der Waals surface area contributed by atoms with Crippen molar-refractivity contribution in [1.82, 2.24) is 5.43 Å². The van der Waals surface area contributed by atoms with E-state index in [-0.39, 0.29) is 12.4 Å². The summed E-state index contributed by atoms with van der Waals surface area (Å²) < 4.78 is 23.3. The van der Waals surface area contributed by atoms with Gasteiger partial charge in [0.15, 0.2) is 13.2 Å². The van der Waals surface area contributed by atoms with Crippen molar-refractivity contribution in [2.45, 2.75) is 6.92 Å². The quantitative estimate of drug-likeness (QED) is 0.556. The first-order valence-electron chi connectivity index (χ1n) is 7.60. The Morgan fingerprint density at radius 3 is 2.42 bits per heavy atom. The fourth-order valence-corrected chi connectivity index (χ4v) is 1.90. The molecule has 7 nitrogen and oxygen atoms in total. The molecule has 0 unspecified atom stereocenters. The molecule has 2 aromatic rings. The minimum absolute atomic E-state index is 0.240. The molecule has 2 N–H and O–H groups in total. The molecule has 26 heavy (non-hydrogen) atoms. The number of halogens is 1. The van der Waals surface area contributed by atoms with Gasteiger partial charge in [-0.3, -0.25) is 4.79 Å². The maximum atomic E-state index is 13.0. The summed E-state index contributed by atoms with van der Waals surface area (Å²) in [5.74, 6) is -1.43. The summed E-state index contributed by atoms with van der Waals surface area (Å²) in [7, 11) is 0. The minimum Gasteiger partial charge on any atom is -0.484 e. The number of benzene rings is 2. The molecule has 0 heterocycles. The van der Waals surface area contributed by atoms with Gasteiger partial charge in [-0.25, -0.2) is 14.6 Å². The Labute approximate surface area is 149 Å². The third-order valence-electron chi connectivity index (χ3n) is 3.13. The summed E-state index contributed by atoms with van der Waals surface area (Å²) in [6.45, 7) is 0.903. The van der Waals surface area contributed by atoms with Crippen molar-refractivity contribution >= 4 is 17.6 Å². The summed E-state index contributed by atoms with van der Waals surface area (Å²) in [5.41, 5.74) is 3.47. The van der Waals surface area contributed by atoms with Gasteiger partial charge in [-0.1, -0.05) is 18.2 Å². The maximum absolute atomic E-state index is 13.0.